The monoisotopic (exact) mass is 286 g/mol. The molecule has 0 atom stereocenters. The Balaban J connectivity index is 3.29. The SMILES string of the molecule is CCC/C(C)=C(/CC(C)(C)C)c1ccc(CC)c(CC)c1. The summed E-state index contributed by atoms with van der Waals surface area (Å²) in [5.41, 5.74) is 7.95. The summed E-state index contributed by atoms with van der Waals surface area (Å²) in [7, 11) is 0. The molecule has 1 aromatic carbocycles. The minimum atomic E-state index is 0.333. The lowest BCUT2D eigenvalue weighted by molar-refractivity contribution is 0.426. The van der Waals surface area contributed by atoms with E-state index >= 15 is 0 Å². The highest BCUT2D eigenvalue weighted by Crippen LogP contribution is 2.34. The zero-order valence-electron chi connectivity index (χ0n) is 15.3. The highest BCUT2D eigenvalue weighted by atomic mass is 14.2. The third kappa shape index (κ3) is 5.34. The molecule has 0 aliphatic carbocycles. The summed E-state index contributed by atoms with van der Waals surface area (Å²) in [6.45, 7) is 16.1. The molecular formula is C21H34. The second-order valence-corrected chi connectivity index (χ2v) is 7.44. The van der Waals surface area contributed by atoms with Crippen LogP contribution in [0.1, 0.15) is 84.4 Å². The van der Waals surface area contributed by atoms with Gasteiger partial charge in [0.05, 0.1) is 0 Å². The van der Waals surface area contributed by atoms with E-state index in [9.17, 15) is 0 Å². The average molecular weight is 287 g/mol. The molecule has 0 fully saturated rings. The van der Waals surface area contributed by atoms with Crippen LogP contribution in [0.15, 0.2) is 23.8 Å². The number of aryl methyl sites for hydroxylation is 2. The molecule has 0 aliphatic rings. The summed E-state index contributed by atoms with van der Waals surface area (Å²) >= 11 is 0. The fourth-order valence-electron chi connectivity index (χ4n) is 3.04. The smallest absolute Gasteiger partial charge is 0.0222 e. The van der Waals surface area contributed by atoms with Crippen molar-refractivity contribution in [2.75, 3.05) is 0 Å². The van der Waals surface area contributed by atoms with Gasteiger partial charge < -0.3 is 0 Å². The lowest BCUT2D eigenvalue weighted by Gasteiger charge is -2.24. The van der Waals surface area contributed by atoms with E-state index in [0.29, 0.717) is 5.41 Å². The Morgan fingerprint density at radius 2 is 1.57 bits per heavy atom. The first kappa shape index (κ1) is 18.0. The highest BCUT2D eigenvalue weighted by molar-refractivity contribution is 5.69. The third-order valence-corrected chi connectivity index (χ3v) is 4.16. The molecule has 1 aromatic rings. The Labute approximate surface area is 132 Å². The van der Waals surface area contributed by atoms with Gasteiger partial charge in [-0.2, -0.15) is 0 Å². The van der Waals surface area contributed by atoms with Crippen LogP contribution in [0.4, 0.5) is 0 Å². The van der Waals surface area contributed by atoms with Crippen LogP contribution in [-0.4, -0.2) is 0 Å². The van der Waals surface area contributed by atoms with Crippen molar-refractivity contribution in [2.45, 2.75) is 80.6 Å². The summed E-state index contributed by atoms with van der Waals surface area (Å²) in [6.07, 6.45) is 5.87. The maximum absolute atomic E-state index is 2.44. The Morgan fingerprint density at radius 3 is 2.05 bits per heavy atom. The molecule has 0 unspecified atom stereocenters. The van der Waals surface area contributed by atoms with E-state index in [1.54, 1.807) is 11.1 Å². The van der Waals surface area contributed by atoms with Gasteiger partial charge in [0.15, 0.2) is 0 Å². The van der Waals surface area contributed by atoms with E-state index in [-0.39, 0.29) is 0 Å². The van der Waals surface area contributed by atoms with Crippen LogP contribution in [0.5, 0.6) is 0 Å². The fourth-order valence-corrected chi connectivity index (χ4v) is 3.04. The standard InChI is InChI=1S/C21H34/c1-8-11-16(4)20(15-21(5,6)7)19-13-12-17(9-2)18(10-3)14-19/h12-14H,8-11,15H2,1-7H3/b20-16-. The number of benzene rings is 1. The maximum atomic E-state index is 2.44. The van der Waals surface area contributed by atoms with Crippen molar-refractivity contribution in [1.29, 1.82) is 0 Å². The van der Waals surface area contributed by atoms with Gasteiger partial charge in [-0.1, -0.05) is 71.7 Å². The molecule has 0 radical (unpaired) electrons. The van der Waals surface area contributed by atoms with E-state index in [0.717, 1.165) is 19.3 Å². The van der Waals surface area contributed by atoms with Gasteiger partial charge in [-0.15, -0.1) is 0 Å². The third-order valence-electron chi connectivity index (χ3n) is 4.16. The minimum Gasteiger partial charge on any atom is -0.0695 e. The van der Waals surface area contributed by atoms with Crippen LogP contribution in [0.2, 0.25) is 0 Å². The molecule has 1 rings (SSSR count). The van der Waals surface area contributed by atoms with Crippen molar-refractivity contribution in [2.24, 2.45) is 5.41 Å². The molecule has 0 heterocycles. The molecule has 0 amide bonds. The molecule has 0 bridgehead atoms. The Bertz CT molecular complexity index is 483. The van der Waals surface area contributed by atoms with Crippen LogP contribution >= 0.6 is 0 Å². The second kappa shape index (κ2) is 7.82. The second-order valence-electron chi connectivity index (χ2n) is 7.44. The zero-order chi connectivity index (χ0) is 16.0. The molecule has 0 heteroatoms. The lowest BCUT2D eigenvalue weighted by atomic mass is 9.82. The molecule has 118 valence electrons. The van der Waals surface area contributed by atoms with E-state index in [4.69, 9.17) is 0 Å². The van der Waals surface area contributed by atoms with Gasteiger partial charge in [0, 0.05) is 0 Å². The predicted molar refractivity (Wildman–Crippen MR) is 96.8 cm³/mol. The summed E-state index contributed by atoms with van der Waals surface area (Å²) in [5.74, 6) is 0. The Kier molecular flexibility index (Phi) is 6.71. The molecule has 0 spiro atoms. The van der Waals surface area contributed by atoms with Crippen LogP contribution in [0, 0.1) is 5.41 Å². The van der Waals surface area contributed by atoms with Crippen molar-refractivity contribution >= 4 is 5.57 Å². The molecule has 0 saturated heterocycles. The summed E-state index contributed by atoms with van der Waals surface area (Å²) < 4.78 is 0. The van der Waals surface area contributed by atoms with Gasteiger partial charge in [0.25, 0.3) is 0 Å². The van der Waals surface area contributed by atoms with E-state index in [2.05, 4.69) is 66.7 Å². The summed E-state index contributed by atoms with van der Waals surface area (Å²) in [5, 5.41) is 0. The number of hydrogen-bond acceptors (Lipinski definition) is 0. The first-order valence-corrected chi connectivity index (χ1v) is 8.63. The average Bonchev–Trinajstić information content (AvgIpc) is 2.43. The molecule has 21 heavy (non-hydrogen) atoms. The Morgan fingerprint density at radius 1 is 0.952 bits per heavy atom. The van der Waals surface area contributed by atoms with Gasteiger partial charge in [0.1, 0.15) is 0 Å². The molecule has 0 aliphatic heterocycles. The molecule has 0 nitrogen and oxygen atoms in total. The molecule has 0 aromatic heterocycles. The van der Waals surface area contributed by atoms with Gasteiger partial charge in [-0.05, 0) is 60.3 Å². The summed E-state index contributed by atoms with van der Waals surface area (Å²) in [4.78, 5) is 0. The molecular weight excluding hydrogens is 252 g/mol. The van der Waals surface area contributed by atoms with Crippen LogP contribution in [0.3, 0.4) is 0 Å². The minimum absolute atomic E-state index is 0.333. The van der Waals surface area contributed by atoms with Crippen molar-refractivity contribution in [3.63, 3.8) is 0 Å². The largest absolute Gasteiger partial charge is 0.0695 e. The van der Waals surface area contributed by atoms with Gasteiger partial charge in [-0.25, -0.2) is 0 Å². The van der Waals surface area contributed by atoms with Crippen molar-refractivity contribution in [3.05, 3.63) is 40.5 Å². The predicted octanol–water partition coefficient (Wildman–Crippen LogP) is 6.82. The quantitative estimate of drug-likeness (QED) is 0.538. The first-order valence-electron chi connectivity index (χ1n) is 8.63. The Hall–Kier alpha value is -1.04. The van der Waals surface area contributed by atoms with Gasteiger partial charge >= 0.3 is 0 Å². The normalized spacial score (nSPS) is 13.3. The van der Waals surface area contributed by atoms with E-state index < -0.39 is 0 Å². The molecule has 0 N–H and O–H groups in total. The van der Waals surface area contributed by atoms with E-state index in [1.165, 1.54) is 29.5 Å². The number of hydrogen-bond donors (Lipinski definition) is 0. The topological polar surface area (TPSA) is 0 Å². The van der Waals surface area contributed by atoms with Crippen molar-refractivity contribution in [3.8, 4) is 0 Å². The van der Waals surface area contributed by atoms with Gasteiger partial charge in [0.2, 0.25) is 0 Å². The fraction of sp³-hybridized carbons (Fsp3) is 0.619. The van der Waals surface area contributed by atoms with Crippen LogP contribution in [-0.2, 0) is 12.8 Å². The first-order chi connectivity index (χ1) is 9.82. The van der Waals surface area contributed by atoms with E-state index in [1.807, 2.05) is 0 Å². The van der Waals surface area contributed by atoms with Crippen molar-refractivity contribution in [1.82, 2.24) is 0 Å². The highest BCUT2D eigenvalue weighted by Gasteiger charge is 2.17. The van der Waals surface area contributed by atoms with Crippen LogP contribution in [0.25, 0.3) is 5.57 Å². The number of allylic oxidation sites excluding steroid dienone is 2. The molecule has 0 saturated carbocycles. The number of rotatable bonds is 6. The van der Waals surface area contributed by atoms with Crippen molar-refractivity contribution < 1.29 is 0 Å². The lowest BCUT2D eigenvalue weighted by Crippen LogP contribution is -2.08. The maximum Gasteiger partial charge on any atom is -0.0222 e. The summed E-state index contributed by atoms with van der Waals surface area (Å²) in [6, 6.07) is 7.13. The zero-order valence-corrected chi connectivity index (χ0v) is 15.3. The van der Waals surface area contributed by atoms with Crippen LogP contribution < -0.4 is 0 Å². The van der Waals surface area contributed by atoms with Gasteiger partial charge in [-0.3, -0.25) is 0 Å².